The minimum atomic E-state index is -0.639. The highest BCUT2D eigenvalue weighted by Crippen LogP contribution is 2.28. The van der Waals surface area contributed by atoms with E-state index in [1.807, 2.05) is 6.92 Å². The molecule has 2 fully saturated rings. The van der Waals surface area contributed by atoms with Gasteiger partial charge in [0.15, 0.2) is 0 Å². The van der Waals surface area contributed by atoms with E-state index in [2.05, 4.69) is 10.3 Å². The SMILES string of the molecule is Cc1cc(C(=O)N[C@@H]2CO[C@H]3[C@@H]2OC[C@H]3O)c2cc(Cl)ccc2n1. The van der Waals surface area contributed by atoms with Gasteiger partial charge in [-0.15, -0.1) is 0 Å². The van der Waals surface area contributed by atoms with Crippen molar-refractivity contribution in [1.29, 1.82) is 0 Å². The number of aryl methyl sites for hydroxylation is 1. The molecule has 2 aliphatic rings. The van der Waals surface area contributed by atoms with Crippen molar-refractivity contribution in [3.63, 3.8) is 0 Å². The fraction of sp³-hybridized carbons (Fsp3) is 0.412. The molecule has 2 N–H and O–H groups in total. The predicted octanol–water partition coefficient (Wildman–Crippen LogP) is 1.45. The molecule has 1 aromatic carbocycles. The summed E-state index contributed by atoms with van der Waals surface area (Å²) in [6.07, 6.45) is -1.33. The molecule has 4 rings (SSSR count). The molecule has 0 saturated carbocycles. The van der Waals surface area contributed by atoms with Gasteiger partial charge in [0.1, 0.15) is 18.3 Å². The van der Waals surface area contributed by atoms with Gasteiger partial charge < -0.3 is 19.9 Å². The van der Waals surface area contributed by atoms with E-state index in [4.69, 9.17) is 21.1 Å². The number of pyridine rings is 1. The molecular weight excluding hydrogens is 332 g/mol. The Bertz CT molecular complexity index is 813. The first-order valence-electron chi connectivity index (χ1n) is 7.82. The maximum atomic E-state index is 12.8. The van der Waals surface area contributed by atoms with Crippen molar-refractivity contribution in [2.24, 2.45) is 0 Å². The first-order valence-corrected chi connectivity index (χ1v) is 8.20. The molecule has 2 aliphatic heterocycles. The molecule has 7 heteroatoms. The number of aliphatic hydroxyl groups is 1. The van der Waals surface area contributed by atoms with Gasteiger partial charge in [-0.3, -0.25) is 9.78 Å². The summed E-state index contributed by atoms with van der Waals surface area (Å²) in [5.74, 6) is -0.230. The quantitative estimate of drug-likeness (QED) is 0.858. The zero-order valence-electron chi connectivity index (χ0n) is 13.0. The number of aromatic nitrogens is 1. The molecule has 4 atom stereocenters. The largest absolute Gasteiger partial charge is 0.388 e. The van der Waals surface area contributed by atoms with Crippen LogP contribution in [0.2, 0.25) is 5.02 Å². The van der Waals surface area contributed by atoms with Gasteiger partial charge in [0.2, 0.25) is 0 Å². The summed E-state index contributed by atoms with van der Waals surface area (Å²) in [5, 5.41) is 14.0. The molecular formula is C17H17ClN2O4. The number of hydrogen-bond acceptors (Lipinski definition) is 5. The molecule has 2 saturated heterocycles. The average molecular weight is 349 g/mol. The standard InChI is InChI=1S/C17H17ClN2O4/c1-8-4-11(10-5-9(18)2-3-12(10)19-8)17(22)20-13-6-23-16-14(21)7-24-15(13)16/h2-5,13-16,21H,6-7H2,1H3,(H,20,22)/t13-,14-,15-,16-/m1/s1. The minimum absolute atomic E-state index is 0.230. The number of carbonyl (C=O) groups is 1. The summed E-state index contributed by atoms with van der Waals surface area (Å²) >= 11 is 6.07. The number of nitrogens with zero attached hydrogens (tertiary/aromatic N) is 1. The third kappa shape index (κ3) is 2.65. The number of nitrogens with one attached hydrogen (secondary N) is 1. The number of aliphatic hydroxyl groups excluding tert-OH is 1. The Morgan fingerprint density at radius 1 is 1.29 bits per heavy atom. The number of amides is 1. The lowest BCUT2D eigenvalue weighted by Gasteiger charge is -2.18. The van der Waals surface area contributed by atoms with Gasteiger partial charge in [-0.05, 0) is 31.2 Å². The number of fused-ring (bicyclic) bond motifs is 2. The second-order valence-corrected chi connectivity index (χ2v) is 6.65. The summed E-state index contributed by atoms with van der Waals surface area (Å²) in [6, 6.07) is 6.74. The zero-order valence-corrected chi connectivity index (χ0v) is 13.8. The third-order valence-electron chi connectivity index (χ3n) is 4.49. The zero-order chi connectivity index (χ0) is 16.8. The number of carbonyl (C=O) groups excluding carboxylic acids is 1. The molecule has 2 aromatic rings. The van der Waals surface area contributed by atoms with Crippen LogP contribution in [-0.4, -0.2) is 53.6 Å². The van der Waals surface area contributed by atoms with Gasteiger partial charge in [-0.2, -0.15) is 0 Å². The van der Waals surface area contributed by atoms with Gasteiger partial charge >= 0.3 is 0 Å². The number of halogens is 1. The van der Waals surface area contributed by atoms with Crippen molar-refractivity contribution in [3.8, 4) is 0 Å². The van der Waals surface area contributed by atoms with Gasteiger partial charge in [-0.25, -0.2) is 0 Å². The van der Waals surface area contributed by atoms with Crippen molar-refractivity contribution in [2.75, 3.05) is 13.2 Å². The summed E-state index contributed by atoms with van der Waals surface area (Å²) in [5.41, 5.74) is 1.99. The topological polar surface area (TPSA) is 80.7 Å². The van der Waals surface area contributed by atoms with E-state index in [1.54, 1.807) is 24.3 Å². The normalized spacial score (nSPS) is 29.0. The van der Waals surface area contributed by atoms with Crippen LogP contribution in [0.4, 0.5) is 0 Å². The summed E-state index contributed by atoms with van der Waals surface area (Å²) in [7, 11) is 0. The minimum Gasteiger partial charge on any atom is -0.388 e. The predicted molar refractivity (Wildman–Crippen MR) is 88.2 cm³/mol. The first kappa shape index (κ1) is 15.8. The molecule has 0 unspecified atom stereocenters. The monoisotopic (exact) mass is 348 g/mol. The Labute approximate surface area is 143 Å². The fourth-order valence-corrected chi connectivity index (χ4v) is 3.54. The molecule has 126 valence electrons. The molecule has 24 heavy (non-hydrogen) atoms. The molecule has 3 heterocycles. The Hall–Kier alpha value is -1.73. The van der Waals surface area contributed by atoms with E-state index in [-0.39, 0.29) is 30.8 Å². The highest BCUT2D eigenvalue weighted by molar-refractivity contribution is 6.31. The molecule has 6 nitrogen and oxygen atoms in total. The second-order valence-electron chi connectivity index (χ2n) is 6.22. The van der Waals surface area contributed by atoms with Crippen molar-refractivity contribution >= 4 is 28.4 Å². The highest BCUT2D eigenvalue weighted by atomic mass is 35.5. The Morgan fingerprint density at radius 2 is 2.08 bits per heavy atom. The van der Waals surface area contributed by atoms with E-state index in [9.17, 15) is 9.90 Å². The van der Waals surface area contributed by atoms with Crippen LogP contribution in [0.1, 0.15) is 16.1 Å². The number of benzene rings is 1. The van der Waals surface area contributed by atoms with Crippen LogP contribution < -0.4 is 5.32 Å². The van der Waals surface area contributed by atoms with Gasteiger partial charge in [0, 0.05) is 16.1 Å². The van der Waals surface area contributed by atoms with Gasteiger partial charge in [-0.1, -0.05) is 11.6 Å². The Kier molecular flexibility index (Phi) is 3.92. The summed E-state index contributed by atoms with van der Waals surface area (Å²) < 4.78 is 11.1. The maximum absolute atomic E-state index is 12.8. The smallest absolute Gasteiger partial charge is 0.252 e. The fourth-order valence-electron chi connectivity index (χ4n) is 3.37. The van der Waals surface area contributed by atoms with Crippen molar-refractivity contribution in [2.45, 2.75) is 31.3 Å². The third-order valence-corrected chi connectivity index (χ3v) is 4.72. The van der Waals surface area contributed by atoms with Gasteiger partial charge in [0.25, 0.3) is 5.91 Å². The summed E-state index contributed by atoms with van der Waals surface area (Å²) in [4.78, 5) is 17.2. The second kappa shape index (κ2) is 5.97. The van der Waals surface area contributed by atoms with Crippen LogP contribution in [0.3, 0.4) is 0 Å². The number of rotatable bonds is 2. The van der Waals surface area contributed by atoms with Crippen molar-refractivity contribution in [1.82, 2.24) is 10.3 Å². The molecule has 0 radical (unpaired) electrons. The number of ether oxygens (including phenoxy) is 2. The van der Waals surface area contributed by atoms with Gasteiger partial charge in [0.05, 0.1) is 30.3 Å². The van der Waals surface area contributed by atoms with E-state index in [1.165, 1.54) is 0 Å². The molecule has 1 aromatic heterocycles. The van der Waals surface area contributed by atoms with Crippen LogP contribution in [0.25, 0.3) is 10.9 Å². The highest BCUT2D eigenvalue weighted by Gasteiger charge is 2.47. The van der Waals surface area contributed by atoms with Crippen LogP contribution in [0.15, 0.2) is 24.3 Å². The van der Waals surface area contributed by atoms with Crippen molar-refractivity contribution < 1.29 is 19.4 Å². The van der Waals surface area contributed by atoms with E-state index >= 15 is 0 Å². The lowest BCUT2D eigenvalue weighted by molar-refractivity contribution is 0.0178. The maximum Gasteiger partial charge on any atom is 0.252 e. The van der Waals surface area contributed by atoms with Crippen LogP contribution in [-0.2, 0) is 9.47 Å². The number of hydrogen-bond donors (Lipinski definition) is 2. The van der Waals surface area contributed by atoms with Crippen LogP contribution in [0.5, 0.6) is 0 Å². The molecule has 0 aliphatic carbocycles. The summed E-state index contributed by atoms with van der Waals surface area (Å²) in [6.45, 7) is 2.39. The van der Waals surface area contributed by atoms with Crippen LogP contribution >= 0.6 is 11.6 Å². The Balaban J connectivity index is 1.63. The molecule has 0 bridgehead atoms. The molecule has 0 spiro atoms. The Morgan fingerprint density at radius 3 is 2.92 bits per heavy atom. The van der Waals surface area contributed by atoms with E-state index in [0.717, 1.165) is 11.2 Å². The van der Waals surface area contributed by atoms with E-state index < -0.39 is 6.10 Å². The van der Waals surface area contributed by atoms with E-state index in [0.29, 0.717) is 22.6 Å². The lowest BCUT2D eigenvalue weighted by atomic mass is 10.0. The van der Waals surface area contributed by atoms with Crippen LogP contribution in [0, 0.1) is 6.92 Å². The van der Waals surface area contributed by atoms with Crippen molar-refractivity contribution in [3.05, 3.63) is 40.5 Å². The lowest BCUT2D eigenvalue weighted by Crippen LogP contribution is -2.44. The first-order chi connectivity index (χ1) is 11.5. The molecule has 1 amide bonds. The average Bonchev–Trinajstić information content (AvgIpc) is 3.11.